The van der Waals surface area contributed by atoms with E-state index in [1.807, 2.05) is 25.7 Å². The zero-order chi connectivity index (χ0) is 20.6. The molecule has 0 bridgehead atoms. The highest BCUT2D eigenvalue weighted by Gasteiger charge is 2.35. The zero-order valence-electron chi connectivity index (χ0n) is 18.6. The van der Waals surface area contributed by atoms with E-state index >= 15 is 0 Å². The smallest absolute Gasteiger partial charge is 0.247 e. The van der Waals surface area contributed by atoms with Crippen molar-refractivity contribution in [3.05, 3.63) is 0 Å². The minimum absolute atomic E-state index is 0.00144. The van der Waals surface area contributed by atoms with Crippen molar-refractivity contribution >= 4 is 11.8 Å². The summed E-state index contributed by atoms with van der Waals surface area (Å²) in [7, 11) is 0. The van der Waals surface area contributed by atoms with Crippen molar-refractivity contribution in [1.29, 1.82) is 0 Å². The Bertz CT molecular complexity index is 456. The van der Waals surface area contributed by atoms with Crippen molar-refractivity contribution in [1.82, 2.24) is 10.2 Å². The molecule has 1 N–H and O–H groups in total. The number of hydrogen-bond acceptors (Lipinski definition) is 3. The number of hydrogen-bond donors (Lipinski definition) is 1. The average Bonchev–Trinajstić information content (AvgIpc) is 2.61. The first kappa shape index (κ1) is 23.9. The van der Waals surface area contributed by atoms with E-state index in [1.165, 1.54) is 0 Å². The summed E-state index contributed by atoms with van der Waals surface area (Å²) >= 11 is 0. The third-order valence-electron chi connectivity index (χ3n) is 5.61. The van der Waals surface area contributed by atoms with E-state index in [2.05, 4.69) is 33.0 Å². The summed E-state index contributed by atoms with van der Waals surface area (Å²) in [5, 5.41) is 2.96. The highest BCUT2D eigenvalue weighted by Crippen LogP contribution is 2.22. The Morgan fingerprint density at radius 3 is 2.19 bits per heavy atom. The predicted octanol–water partition coefficient (Wildman–Crippen LogP) is 3.86. The van der Waals surface area contributed by atoms with Crippen LogP contribution < -0.4 is 5.32 Å². The summed E-state index contributed by atoms with van der Waals surface area (Å²) in [5.74, 6) is 1.23. The maximum Gasteiger partial charge on any atom is 0.247 e. The molecular weight excluding hydrogens is 340 g/mol. The van der Waals surface area contributed by atoms with Gasteiger partial charge >= 0.3 is 0 Å². The van der Waals surface area contributed by atoms with Crippen LogP contribution in [0.4, 0.5) is 0 Å². The highest BCUT2D eigenvalue weighted by atomic mass is 16.5. The Labute approximate surface area is 166 Å². The molecule has 27 heavy (non-hydrogen) atoms. The van der Waals surface area contributed by atoms with Gasteiger partial charge in [-0.15, -0.1) is 0 Å². The first-order valence-electron chi connectivity index (χ1n) is 10.9. The van der Waals surface area contributed by atoms with Gasteiger partial charge in [0.1, 0.15) is 6.04 Å². The second-order valence-electron chi connectivity index (χ2n) is 8.93. The molecule has 0 radical (unpaired) electrons. The van der Waals surface area contributed by atoms with Crippen molar-refractivity contribution < 1.29 is 14.3 Å². The Hall–Kier alpha value is -1.10. The monoisotopic (exact) mass is 382 g/mol. The summed E-state index contributed by atoms with van der Waals surface area (Å²) in [6.07, 6.45) is 4.14. The Morgan fingerprint density at radius 1 is 1.11 bits per heavy atom. The lowest BCUT2D eigenvalue weighted by molar-refractivity contribution is -0.144. The molecular formula is C22H42N2O3. The fourth-order valence-corrected chi connectivity index (χ4v) is 3.94. The number of carbonyl (C=O) groups excluding carboxylic acids is 2. The van der Waals surface area contributed by atoms with E-state index in [0.29, 0.717) is 24.4 Å². The molecule has 0 spiro atoms. The number of ether oxygens (including phenoxy) is 1. The fraction of sp³-hybridized carbons (Fsp3) is 0.909. The number of nitrogens with zero attached hydrogens (tertiary/aromatic N) is 1. The van der Waals surface area contributed by atoms with E-state index < -0.39 is 6.04 Å². The van der Waals surface area contributed by atoms with Gasteiger partial charge in [0.2, 0.25) is 11.8 Å². The van der Waals surface area contributed by atoms with Crippen LogP contribution in [0.15, 0.2) is 0 Å². The summed E-state index contributed by atoms with van der Waals surface area (Å²) in [6.45, 7) is 16.5. The normalized spacial score (nSPS) is 23.8. The lowest BCUT2D eigenvalue weighted by atomic mass is 9.91. The second-order valence-corrected chi connectivity index (χ2v) is 8.93. The molecule has 158 valence electrons. The van der Waals surface area contributed by atoms with Crippen LogP contribution in [-0.4, -0.2) is 48.6 Å². The number of likely N-dealkylation sites (tertiary alicyclic amines) is 1. The molecule has 1 heterocycles. The minimum atomic E-state index is -0.614. The van der Waals surface area contributed by atoms with E-state index in [0.717, 1.165) is 38.8 Å². The minimum Gasteiger partial charge on any atom is -0.376 e. The lowest BCUT2D eigenvalue weighted by Gasteiger charge is -2.38. The molecule has 2 amide bonds. The second kappa shape index (κ2) is 11.7. The van der Waals surface area contributed by atoms with Gasteiger partial charge < -0.3 is 15.0 Å². The average molecular weight is 383 g/mol. The van der Waals surface area contributed by atoms with Crippen molar-refractivity contribution in [2.75, 3.05) is 19.7 Å². The van der Waals surface area contributed by atoms with Gasteiger partial charge in [0.25, 0.3) is 0 Å². The molecule has 5 unspecified atom stereocenters. The van der Waals surface area contributed by atoms with Crippen LogP contribution >= 0.6 is 0 Å². The molecule has 1 aliphatic rings. The maximum atomic E-state index is 13.3. The van der Waals surface area contributed by atoms with E-state index in [9.17, 15) is 9.59 Å². The van der Waals surface area contributed by atoms with Gasteiger partial charge in [0.15, 0.2) is 0 Å². The third kappa shape index (κ3) is 7.81. The van der Waals surface area contributed by atoms with Gasteiger partial charge in [-0.2, -0.15) is 0 Å². The van der Waals surface area contributed by atoms with E-state index in [4.69, 9.17) is 4.74 Å². The first-order chi connectivity index (χ1) is 12.7. The van der Waals surface area contributed by atoms with Crippen LogP contribution in [0.1, 0.15) is 74.1 Å². The molecule has 1 fully saturated rings. The standard InChI is InChI=1S/C22H42N2O3/c1-8-10-19(9-2)14-27-18(7)20(23-21(25)15(3)4)22(26)24-12-16(5)11-17(6)13-24/h15-20H,8-14H2,1-7H3,(H,23,25). The van der Waals surface area contributed by atoms with Gasteiger partial charge in [-0.25, -0.2) is 0 Å². The van der Waals surface area contributed by atoms with E-state index in [1.54, 1.807) is 0 Å². The fourth-order valence-electron chi connectivity index (χ4n) is 3.94. The van der Waals surface area contributed by atoms with Crippen molar-refractivity contribution in [2.24, 2.45) is 23.7 Å². The summed E-state index contributed by atoms with van der Waals surface area (Å²) in [6, 6.07) is -0.614. The van der Waals surface area contributed by atoms with Gasteiger partial charge in [-0.05, 0) is 37.5 Å². The number of piperidine rings is 1. The first-order valence-corrected chi connectivity index (χ1v) is 10.9. The summed E-state index contributed by atoms with van der Waals surface area (Å²) in [5.41, 5.74) is 0. The van der Waals surface area contributed by atoms with Crippen LogP contribution in [0, 0.1) is 23.7 Å². The molecule has 0 aliphatic carbocycles. The van der Waals surface area contributed by atoms with Crippen LogP contribution in [-0.2, 0) is 14.3 Å². The molecule has 5 nitrogen and oxygen atoms in total. The molecule has 0 saturated carbocycles. The summed E-state index contributed by atoms with van der Waals surface area (Å²) in [4.78, 5) is 27.5. The van der Waals surface area contributed by atoms with Crippen molar-refractivity contribution in [3.8, 4) is 0 Å². The van der Waals surface area contributed by atoms with Crippen LogP contribution in [0.5, 0.6) is 0 Å². The lowest BCUT2D eigenvalue weighted by Crippen LogP contribution is -2.57. The molecule has 1 aliphatic heterocycles. The molecule has 1 rings (SSSR count). The molecule has 5 atom stereocenters. The molecule has 0 aromatic heterocycles. The summed E-state index contributed by atoms with van der Waals surface area (Å²) < 4.78 is 6.09. The van der Waals surface area contributed by atoms with Crippen molar-refractivity contribution in [3.63, 3.8) is 0 Å². The molecule has 1 saturated heterocycles. The van der Waals surface area contributed by atoms with Gasteiger partial charge in [-0.1, -0.05) is 54.4 Å². The van der Waals surface area contributed by atoms with Crippen LogP contribution in [0.25, 0.3) is 0 Å². The number of amides is 2. The zero-order valence-corrected chi connectivity index (χ0v) is 18.6. The predicted molar refractivity (Wildman–Crippen MR) is 110 cm³/mol. The van der Waals surface area contributed by atoms with Crippen LogP contribution in [0.3, 0.4) is 0 Å². The largest absolute Gasteiger partial charge is 0.376 e. The van der Waals surface area contributed by atoms with Crippen molar-refractivity contribution in [2.45, 2.75) is 86.3 Å². The molecule has 0 aromatic carbocycles. The third-order valence-corrected chi connectivity index (χ3v) is 5.61. The van der Waals surface area contributed by atoms with E-state index in [-0.39, 0.29) is 23.8 Å². The SMILES string of the molecule is CCCC(CC)COC(C)C(NC(=O)C(C)C)C(=O)N1CC(C)CC(C)C1. The van der Waals surface area contributed by atoms with Gasteiger partial charge in [0, 0.05) is 25.6 Å². The Balaban J connectivity index is 2.84. The maximum absolute atomic E-state index is 13.3. The number of nitrogens with one attached hydrogen (secondary N) is 1. The number of rotatable bonds is 10. The topological polar surface area (TPSA) is 58.6 Å². The molecule has 0 aromatic rings. The number of carbonyl (C=O) groups is 2. The van der Waals surface area contributed by atoms with Gasteiger partial charge in [0.05, 0.1) is 6.10 Å². The quantitative estimate of drug-likeness (QED) is 0.624. The highest BCUT2D eigenvalue weighted by molar-refractivity contribution is 5.88. The van der Waals surface area contributed by atoms with Crippen LogP contribution in [0.2, 0.25) is 0 Å². The Kier molecular flexibility index (Phi) is 10.4. The Morgan fingerprint density at radius 2 is 1.70 bits per heavy atom. The van der Waals surface area contributed by atoms with Gasteiger partial charge in [-0.3, -0.25) is 9.59 Å². The molecule has 5 heteroatoms.